The summed E-state index contributed by atoms with van der Waals surface area (Å²) in [4.78, 5) is -0.181. The Hall–Kier alpha value is -1.46. The summed E-state index contributed by atoms with van der Waals surface area (Å²) in [5.74, 6) is -1.36. The molecule has 0 aliphatic rings. The standard InChI is InChI=1S/C13H10ClF2NOS/c14-9-1-4-12(17)8(5-9)7-19(18)13-6-10(15)2-3-11(13)16/h1-6H,7,17H2. The Balaban J connectivity index is 2.30. The van der Waals surface area contributed by atoms with Crippen molar-refractivity contribution in [3.05, 3.63) is 58.6 Å². The van der Waals surface area contributed by atoms with E-state index in [0.29, 0.717) is 16.3 Å². The molecule has 0 saturated carbocycles. The van der Waals surface area contributed by atoms with Gasteiger partial charge in [-0.1, -0.05) is 11.6 Å². The summed E-state index contributed by atoms with van der Waals surface area (Å²) < 4.78 is 38.6. The Morgan fingerprint density at radius 2 is 1.89 bits per heavy atom. The number of hydrogen-bond donors (Lipinski definition) is 1. The zero-order chi connectivity index (χ0) is 14.0. The Kier molecular flexibility index (Phi) is 4.17. The first-order chi connectivity index (χ1) is 8.97. The number of nitrogen functional groups attached to an aromatic ring is 1. The van der Waals surface area contributed by atoms with Crippen LogP contribution in [-0.2, 0) is 16.6 Å². The predicted molar refractivity (Wildman–Crippen MR) is 72.3 cm³/mol. The van der Waals surface area contributed by atoms with Crippen molar-refractivity contribution in [2.75, 3.05) is 5.73 Å². The summed E-state index contributed by atoms with van der Waals surface area (Å²) in [5.41, 5.74) is 6.67. The highest BCUT2D eigenvalue weighted by Gasteiger charge is 2.13. The Morgan fingerprint density at radius 1 is 1.16 bits per heavy atom. The van der Waals surface area contributed by atoms with Gasteiger partial charge in [-0.25, -0.2) is 8.78 Å². The molecule has 0 spiro atoms. The van der Waals surface area contributed by atoms with E-state index in [1.807, 2.05) is 0 Å². The van der Waals surface area contributed by atoms with Crippen LogP contribution in [0.1, 0.15) is 5.56 Å². The second-order valence-electron chi connectivity index (χ2n) is 3.91. The van der Waals surface area contributed by atoms with E-state index in [1.54, 1.807) is 18.2 Å². The average molecular weight is 302 g/mol. The number of hydrogen-bond acceptors (Lipinski definition) is 2. The quantitative estimate of drug-likeness (QED) is 0.882. The number of anilines is 1. The average Bonchev–Trinajstić information content (AvgIpc) is 2.36. The summed E-state index contributed by atoms with van der Waals surface area (Å²) in [7, 11) is -1.73. The molecule has 1 atom stereocenters. The molecule has 0 heterocycles. The van der Waals surface area contributed by atoms with E-state index in [9.17, 15) is 13.0 Å². The van der Waals surface area contributed by atoms with Crippen LogP contribution < -0.4 is 5.73 Å². The molecule has 2 nitrogen and oxygen atoms in total. The van der Waals surface area contributed by atoms with Gasteiger partial charge in [-0.15, -0.1) is 0 Å². The molecule has 0 bridgehead atoms. The first kappa shape index (κ1) is 14.0. The van der Waals surface area contributed by atoms with E-state index >= 15 is 0 Å². The van der Waals surface area contributed by atoms with Gasteiger partial charge in [-0.05, 0) is 42.0 Å². The number of rotatable bonds is 3. The minimum atomic E-state index is -1.73. The molecular formula is C13H10ClF2NOS. The molecule has 2 aromatic carbocycles. The summed E-state index contributed by atoms with van der Waals surface area (Å²) in [6, 6.07) is 7.59. The lowest BCUT2D eigenvalue weighted by Gasteiger charge is -2.07. The highest BCUT2D eigenvalue weighted by Crippen LogP contribution is 2.23. The minimum absolute atomic E-state index is 0.0211. The normalized spacial score (nSPS) is 12.4. The van der Waals surface area contributed by atoms with Crippen LogP contribution in [0.25, 0.3) is 0 Å². The summed E-state index contributed by atoms with van der Waals surface area (Å²) >= 11 is 5.81. The van der Waals surface area contributed by atoms with Gasteiger partial charge in [0.15, 0.2) is 0 Å². The molecule has 1 unspecified atom stereocenters. The SMILES string of the molecule is Nc1ccc(Cl)cc1CS(=O)c1cc(F)ccc1F. The fourth-order valence-corrected chi connectivity index (χ4v) is 2.98. The molecule has 0 amide bonds. The van der Waals surface area contributed by atoms with Gasteiger partial charge in [0.05, 0.1) is 21.4 Å². The molecule has 0 aromatic heterocycles. The van der Waals surface area contributed by atoms with E-state index in [0.717, 1.165) is 18.2 Å². The van der Waals surface area contributed by atoms with E-state index in [-0.39, 0.29) is 10.6 Å². The van der Waals surface area contributed by atoms with Crippen molar-refractivity contribution in [3.8, 4) is 0 Å². The maximum Gasteiger partial charge on any atom is 0.139 e. The van der Waals surface area contributed by atoms with E-state index in [4.69, 9.17) is 17.3 Å². The second-order valence-corrected chi connectivity index (χ2v) is 5.76. The number of benzene rings is 2. The van der Waals surface area contributed by atoms with Crippen molar-refractivity contribution in [3.63, 3.8) is 0 Å². The molecule has 0 aliphatic carbocycles. The maximum absolute atomic E-state index is 13.5. The van der Waals surface area contributed by atoms with Crippen LogP contribution in [0.4, 0.5) is 14.5 Å². The first-order valence-corrected chi connectivity index (χ1v) is 7.04. The molecular weight excluding hydrogens is 292 g/mol. The highest BCUT2D eigenvalue weighted by molar-refractivity contribution is 7.84. The third-order valence-electron chi connectivity index (χ3n) is 2.53. The number of halogens is 3. The van der Waals surface area contributed by atoms with Gasteiger partial charge in [0.1, 0.15) is 11.6 Å². The fraction of sp³-hybridized carbons (Fsp3) is 0.0769. The van der Waals surface area contributed by atoms with E-state index in [2.05, 4.69) is 0 Å². The zero-order valence-corrected chi connectivity index (χ0v) is 11.3. The monoisotopic (exact) mass is 301 g/mol. The van der Waals surface area contributed by atoms with Gasteiger partial charge in [-0.3, -0.25) is 4.21 Å². The van der Waals surface area contributed by atoms with Gasteiger partial charge in [-0.2, -0.15) is 0 Å². The molecule has 2 rings (SSSR count). The maximum atomic E-state index is 13.5. The van der Waals surface area contributed by atoms with Crippen LogP contribution in [0.5, 0.6) is 0 Å². The Bertz CT molecular complexity index is 649. The Morgan fingerprint density at radius 3 is 2.63 bits per heavy atom. The Labute approximate surface area is 116 Å². The summed E-state index contributed by atoms with van der Waals surface area (Å²) in [6.45, 7) is 0. The van der Waals surface area contributed by atoms with Crippen LogP contribution in [0.15, 0.2) is 41.3 Å². The predicted octanol–water partition coefficient (Wildman–Crippen LogP) is 3.51. The lowest BCUT2D eigenvalue weighted by Crippen LogP contribution is -2.03. The lowest BCUT2D eigenvalue weighted by atomic mass is 10.2. The molecule has 2 N–H and O–H groups in total. The van der Waals surface area contributed by atoms with Gasteiger partial charge < -0.3 is 5.73 Å². The summed E-state index contributed by atoms with van der Waals surface area (Å²) in [5, 5.41) is 0.445. The lowest BCUT2D eigenvalue weighted by molar-refractivity contribution is 0.572. The van der Waals surface area contributed by atoms with Gasteiger partial charge in [0, 0.05) is 10.7 Å². The third kappa shape index (κ3) is 3.30. The fourth-order valence-electron chi connectivity index (χ4n) is 1.57. The van der Waals surface area contributed by atoms with Crippen LogP contribution in [-0.4, -0.2) is 4.21 Å². The van der Waals surface area contributed by atoms with Crippen molar-refractivity contribution in [2.24, 2.45) is 0 Å². The molecule has 0 aliphatic heterocycles. The minimum Gasteiger partial charge on any atom is -0.398 e. The van der Waals surface area contributed by atoms with Crippen LogP contribution >= 0.6 is 11.6 Å². The van der Waals surface area contributed by atoms with Gasteiger partial charge in [0.2, 0.25) is 0 Å². The van der Waals surface area contributed by atoms with E-state index in [1.165, 1.54) is 0 Å². The van der Waals surface area contributed by atoms with Crippen LogP contribution in [0, 0.1) is 11.6 Å². The van der Waals surface area contributed by atoms with Gasteiger partial charge in [0.25, 0.3) is 0 Å². The largest absolute Gasteiger partial charge is 0.398 e. The number of nitrogens with two attached hydrogens (primary N) is 1. The topological polar surface area (TPSA) is 43.1 Å². The molecule has 2 aromatic rings. The molecule has 0 saturated heterocycles. The first-order valence-electron chi connectivity index (χ1n) is 5.34. The van der Waals surface area contributed by atoms with E-state index < -0.39 is 22.4 Å². The van der Waals surface area contributed by atoms with Crippen LogP contribution in [0.3, 0.4) is 0 Å². The second kappa shape index (κ2) is 5.67. The van der Waals surface area contributed by atoms with Crippen molar-refractivity contribution in [1.82, 2.24) is 0 Å². The molecule has 0 radical (unpaired) electrons. The van der Waals surface area contributed by atoms with Crippen molar-refractivity contribution >= 4 is 28.1 Å². The smallest absolute Gasteiger partial charge is 0.139 e. The van der Waals surface area contributed by atoms with Crippen LogP contribution in [0.2, 0.25) is 5.02 Å². The molecule has 100 valence electrons. The van der Waals surface area contributed by atoms with Crippen molar-refractivity contribution < 1.29 is 13.0 Å². The molecule has 19 heavy (non-hydrogen) atoms. The third-order valence-corrected chi connectivity index (χ3v) is 4.14. The van der Waals surface area contributed by atoms with Crippen molar-refractivity contribution in [1.29, 1.82) is 0 Å². The zero-order valence-electron chi connectivity index (χ0n) is 9.70. The molecule has 6 heteroatoms. The molecule has 0 fully saturated rings. The summed E-state index contributed by atoms with van der Waals surface area (Å²) in [6.07, 6.45) is 0. The van der Waals surface area contributed by atoms with Crippen molar-refractivity contribution in [2.45, 2.75) is 10.6 Å². The highest BCUT2D eigenvalue weighted by atomic mass is 35.5. The van der Waals surface area contributed by atoms with Gasteiger partial charge >= 0.3 is 0 Å².